The lowest BCUT2D eigenvalue weighted by atomic mass is 10.1. The Balaban J connectivity index is 2.26. The van der Waals surface area contributed by atoms with Crippen LogP contribution in [0.2, 0.25) is 0 Å². The van der Waals surface area contributed by atoms with Crippen molar-refractivity contribution in [2.45, 2.75) is 50.4 Å². The van der Waals surface area contributed by atoms with Gasteiger partial charge in [0.25, 0.3) is 0 Å². The Hall–Kier alpha value is -1.83. The molecule has 0 saturated carbocycles. The minimum absolute atomic E-state index is 0.123. The maximum atomic E-state index is 12.8. The number of hydrogen-bond donors (Lipinski definition) is 0. The third kappa shape index (κ3) is 4.62. The zero-order chi connectivity index (χ0) is 19.0. The van der Waals surface area contributed by atoms with E-state index in [-0.39, 0.29) is 16.9 Å². The summed E-state index contributed by atoms with van der Waals surface area (Å²) >= 11 is 0. The van der Waals surface area contributed by atoms with E-state index in [0.29, 0.717) is 5.56 Å². The first-order valence-electron chi connectivity index (χ1n) is 7.73. The predicted molar refractivity (Wildman–Crippen MR) is 89.7 cm³/mol. The fourth-order valence-electron chi connectivity index (χ4n) is 2.33. The number of halogens is 3. The molecule has 0 amide bonds. The van der Waals surface area contributed by atoms with E-state index in [1.807, 2.05) is 20.8 Å². The van der Waals surface area contributed by atoms with Crippen molar-refractivity contribution in [1.82, 2.24) is 9.78 Å². The van der Waals surface area contributed by atoms with Crippen LogP contribution in [0, 0.1) is 0 Å². The minimum Gasteiger partial charge on any atom is -0.267 e. The summed E-state index contributed by atoms with van der Waals surface area (Å²) in [5, 5.41) is 3.11. The first kappa shape index (κ1) is 19.5. The first-order valence-corrected chi connectivity index (χ1v) is 9.45. The van der Waals surface area contributed by atoms with Gasteiger partial charge in [-0.05, 0) is 39.3 Å². The Morgan fingerprint density at radius 2 is 1.84 bits per heavy atom. The van der Waals surface area contributed by atoms with Gasteiger partial charge < -0.3 is 0 Å². The number of benzene rings is 1. The molecule has 0 fully saturated rings. The third-order valence-corrected chi connectivity index (χ3v) is 6.00. The quantitative estimate of drug-likeness (QED) is 0.800. The number of rotatable bonds is 4. The molecule has 1 unspecified atom stereocenters. The van der Waals surface area contributed by atoms with Crippen LogP contribution in [0.25, 0.3) is 0 Å². The van der Waals surface area contributed by atoms with Crippen LogP contribution in [-0.2, 0) is 27.3 Å². The lowest BCUT2D eigenvalue weighted by Gasteiger charge is -2.18. The molecule has 1 aromatic carbocycles. The van der Waals surface area contributed by atoms with Crippen LogP contribution < -0.4 is 0 Å². The highest BCUT2D eigenvalue weighted by molar-refractivity contribution is 7.90. The molecule has 0 spiro atoms. The molecule has 0 radical (unpaired) electrons. The third-order valence-electron chi connectivity index (χ3n) is 3.91. The van der Waals surface area contributed by atoms with Crippen molar-refractivity contribution in [3.8, 4) is 0 Å². The zero-order valence-electron chi connectivity index (χ0n) is 14.5. The summed E-state index contributed by atoms with van der Waals surface area (Å²) < 4.78 is 65.3. The van der Waals surface area contributed by atoms with Gasteiger partial charge in [-0.15, -0.1) is 0 Å². The summed E-state index contributed by atoms with van der Waals surface area (Å²) in [6.45, 7) is 7.20. The van der Waals surface area contributed by atoms with E-state index in [1.54, 1.807) is 10.9 Å². The molecule has 2 rings (SSSR count). The standard InChI is InChI=1S/C17H21F3N2O2S/c1-12(14-6-5-7-15(8-14)17(18,19)20)25(23,24)11-13-9-21-22(10-13)16(2,3)4/h5-10,12H,11H2,1-4H3. The molecule has 0 bridgehead atoms. The van der Waals surface area contributed by atoms with Crippen molar-refractivity contribution >= 4 is 9.84 Å². The van der Waals surface area contributed by atoms with Gasteiger partial charge >= 0.3 is 6.18 Å². The molecule has 0 N–H and O–H groups in total. The molecule has 2 aromatic rings. The Morgan fingerprint density at radius 3 is 2.36 bits per heavy atom. The van der Waals surface area contributed by atoms with Gasteiger partial charge in [0.1, 0.15) is 0 Å². The van der Waals surface area contributed by atoms with Crippen LogP contribution in [0.5, 0.6) is 0 Å². The van der Waals surface area contributed by atoms with Gasteiger partial charge in [-0.2, -0.15) is 18.3 Å². The molecule has 1 aromatic heterocycles. The molecule has 1 atom stereocenters. The molecule has 4 nitrogen and oxygen atoms in total. The Morgan fingerprint density at radius 1 is 1.20 bits per heavy atom. The molecule has 0 aliphatic rings. The van der Waals surface area contributed by atoms with E-state index >= 15 is 0 Å². The smallest absolute Gasteiger partial charge is 0.267 e. The van der Waals surface area contributed by atoms with Crippen LogP contribution in [0.4, 0.5) is 13.2 Å². The van der Waals surface area contributed by atoms with E-state index < -0.39 is 26.8 Å². The second kappa shape index (κ2) is 6.48. The van der Waals surface area contributed by atoms with Crippen molar-refractivity contribution in [3.05, 3.63) is 53.3 Å². The molecule has 25 heavy (non-hydrogen) atoms. The van der Waals surface area contributed by atoms with Gasteiger partial charge in [0.15, 0.2) is 9.84 Å². The highest BCUT2D eigenvalue weighted by Crippen LogP contribution is 2.33. The van der Waals surface area contributed by atoms with Gasteiger partial charge in [-0.3, -0.25) is 4.68 Å². The summed E-state index contributed by atoms with van der Waals surface area (Å²) in [5.74, 6) is -0.277. The lowest BCUT2D eigenvalue weighted by Crippen LogP contribution is -2.22. The van der Waals surface area contributed by atoms with E-state index in [9.17, 15) is 21.6 Å². The van der Waals surface area contributed by atoms with E-state index in [2.05, 4.69) is 5.10 Å². The minimum atomic E-state index is -4.51. The second-order valence-electron chi connectivity index (χ2n) is 7.04. The number of hydrogen-bond acceptors (Lipinski definition) is 3. The average Bonchev–Trinajstić information content (AvgIpc) is 2.93. The van der Waals surface area contributed by atoms with Crippen molar-refractivity contribution in [3.63, 3.8) is 0 Å². The Kier molecular flexibility index (Phi) is 5.05. The van der Waals surface area contributed by atoms with Crippen molar-refractivity contribution in [2.24, 2.45) is 0 Å². The molecule has 0 aliphatic heterocycles. The Labute approximate surface area is 145 Å². The van der Waals surface area contributed by atoms with Crippen molar-refractivity contribution in [2.75, 3.05) is 0 Å². The number of nitrogens with zero attached hydrogens (tertiary/aromatic N) is 2. The largest absolute Gasteiger partial charge is 0.416 e. The molecule has 0 saturated heterocycles. The van der Waals surface area contributed by atoms with Crippen LogP contribution in [0.1, 0.15) is 49.6 Å². The maximum Gasteiger partial charge on any atom is 0.416 e. The van der Waals surface area contributed by atoms with E-state index in [0.717, 1.165) is 12.1 Å². The maximum absolute atomic E-state index is 12.8. The van der Waals surface area contributed by atoms with Gasteiger partial charge in [0.05, 0.1) is 28.3 Å². The van der Waals surface area contributed by atoms with Crippen molar-refractivity contribution < 1.29 is 21.6 Å². The highest BCUT2D eigenvalue weighted by Gasteiger charge is 2.32. The molecule has 8 heteroatoms. The van der Waals surface area contributed by atoms with Crippen LogP contribution in [-0.4, -0.2) is 18.2 Å². The highest BCUT2D eigenvalue weighted by atomic mass is 32.2. The fraction of sp³-hybridized carbons (Fsp3) is 0.471. The monoisotopic (exact) mass is 374 g/mol. The fourth-order valence-corrected chi connectivity index (χ4v) is 3.76. The normalized spacial score (nSPS) is 14.5. The molecular weight excluding hydrogens is 353 g/mol. The number of aromatic nitrogens is 2. The Bertz CT molecular complexity index is 849. The summed E-state index contributed by atoms with van der Waals surface area (Å²) in [6, 6.07) is 4.44. The van der Waals surface area contributed by atoms with Gasteiger partial charge in [-0.1, -0.05) is 18.2 Å². The van der Waals surface area contributed by atoms with Crippen molar-refractivity contribution in [1.29, 1.82) is 0 Å². The molecule has 0 aliphatic carbocycles. The molecule has 138 valence electrons. The van der Waals surface area contributed by atoms with Crippen LogP contribution >= 0.6 is 0 Å². The van der Waals surface area contributed by atoms with E-state index in [1.165, 1.54) is 25.3 Å². The molecular formula is C17H21F3N2O2S. The topological polar surface area (TPSA) is 52.0 Å². The second-order valence-corrected chi connectivity index (χ2v) is 9.36. The zero-order valence-corrected chi connectivity index (χ0v) is 15.3. The predicted octanol–water partition coefficient (Wildman–Crippen LogP) is 4.33. The van der Waals surface area contributed by atoms with Gasteiger partial charge in [-0.25, -0.2) is 8.42 Å². The summed E-state index contributed by atoms with van der Waals surface area (Å²) in [7, 11) is -3.68. The first-order chi connectivity index (χ1) is 11.3. The van der Waals surface area contributed by atoms with Crippen LogP contribution in [0.15, 0.2) is 36.7 Å². The number of sulfone groups is 1. The van der Waals surface area contributed by atoms with E-state index in [4.69, 9.17) is 0 Å². The molecule has 1 heterocycles. The number of alkyl halides is 3. The van der Waals surface area contributed by atoms with Gasteiger partial charge in [0.2, 0.25) is 0 Å². The van der Waals surface area contributed by atoms with Crippen LogP contribution in [0.3, 0.4) is 0 Å². The lowest BCUT2D eigenvalue weighted by molar-refractivity contribution is -0.137. The summed E-state index contributed by atoms with van der Waals surface area (Å²) in [4.78, 5) is 0. The average molecular weight is 374 g/mol. The van der Waals surface area contributed by atoms with Gasteiger partial charge in [0, 0.05) is 11.8 Å². The SMILES string of the molecule is CC(c1cccc(C(F)(F)F)c1)S(=O)(=O)Cc1cnn(C(C)(C)C)c1. The summed E-state index contributed by atoms with van der Waals surface area (Å²) in [5.41, 5.74) is -0.506. The summed E-state index contributed by atoms with van der Waals surface area (Å²) in [6.07, 6.45) is -1.38.